The lowest BCUT2D eigenvalue weighted by Crippen LogP contribution is -2.39. The summed E-state index contributed by atoms with van der Waals surface area (Å²) in [7, 11) is 0. The molecular weight excluding hydrogens is 262 g/mol. The second kappa shape index (κ2) is 6.03. The molecule has 2 N–H and O–H groups in total. The number of hydrogen-bond donors (Lipinski definition) is 1. The standard InChI is InChI=1S/C15H18F2N2O/c1-2-7-19(11-5-3-4-6-11)15(20)12-8-10(16)9-13(18)14(12)17/h2,8-9,11H,1,3-7,18H2. The van der Waals surface area contributed by atoms with E-state index in [2.05, 4.69) is 6.58 Å². The third-order valence-electron chi connectivity index (χ3n) is 3.65. The Morgan fingerprint density at radius 1 is 1.40 bits per heavy atom. The normalized spacial score (nSPS) is 15.3. The van der Waals surface area contributed by atoms with Crippen LogP contribution >= 0.6 is 0 Å². The van der Waals surface area contributed by atoms with E-state index in [1.54, 1.807) is 11.0 Å². The van der Waals surface area contributed by atoms with Crippen molar-refractivity contribution >= 4 is 11.6 Å². The molecule has 5 heteroatoms. The molecule has 108 valence electrons. The molecule has 1 aliphatic rings. The maximum atomic E-state index is 14.0. The molecule has 1 aromatic carbocycles. The lowest BCUT2D eigenvalue weighted by Gasteiger charge is -2.28. The zero-order valence-corrected chi connectivity index (χ0v) is 11.2. The van der Waals surface area contributed by atoms with Crippen LogP contribution in [0.25, 0.3) is 0 Å². The van der Waals surface area contributed by atoms with Gasteiger partial charge in [0.1, 0.15) is 5.82 Å². The molecule has 0 spiro atoms. The number of amides is 1. The van der Waals surface area contributed by atoms with Crippen LogP contribution in [0, 0.1) is 11.6 Å². The third-order valence-corrected chi connectivity index (χ3v) is 3.65. The summed E-state index contributed by atoms with van der Waals surface area (Å²) in [5, 5.41) is 0. The van der Waals surface area contributed by atoms with Crippen molar-refractivity contribution in [3.63, 3.8) is 0 Å². The van der Waals surface area contributed by atoms with Crippen molar-refractivity contribution in [1.29, 1.82) is 0 Å². The van der Waals surface area contributed by atoms with Crippen molar-refractivity contribution in [2.75, 3.05) is 12.3 Å². The average Bonchev–Trinajstić information content (AvgIpc) is 2.93. The smallest absolute Gasteiger partial charge is 0.257 e. The molecule has 0 atom stereocenters. The number of nitrogens with zero attached hydrogens (tertiary/aromatic N) is 1. The largest absolute Gasteiger partial charge is 0.396 e. The van der Waals surface area contributed by atoms with Crippen molar-refractivity contribution in [2.24, 2.45) is 0 Å². The first-order chi connectivity index (χ1) is 9.54. The summed E-state index contributed by atoms with van der Waals surface area (Å²) in [5.41, 5.74) is 4.72. The Morgan fingerprint density at radius 2 is 2.05 bits per heavy atom. The SMILES string of the molecule is C=CCN(C(=O)c1cc(F)cc(N)c1F)C1CCCC1. The number of rotatable bonds is 4. The van der Waals surface area contributed by atoms with Gasteiger partial charge in [-0.1, -0.05) is 18.9 Å². The number of anilines is 1. The van der Waals surface area contributed by atoms with Gasteiger partial charge in [-0.25, -0.2) is 8.78 Å². The van der Waals surface area contributed by atoms with Gasteiger partial charge in [0.15, 0.2) is 5.82 Å². The quantitative estimate of drug-likeness (QED) is 0.680. The van der Waals surface area contributed by atoms with E-state index in [0.717, 1.165) is 37.8 Å². The number of halogens is 2. The maximum absolute atomic E-state index is 14.0. The van der Waals surface area contributed by atoms with E-state index in [0.29, 0.717) is 6.54 Å². The first-order valence-corrected chi connectivity index (χ1v) is 6.71. The molecule has 1 saturated carbocycles. The van der Waals surface area contributed by atoms with Gasteiger partial charge in [-0.05, 0) is 25.0 Å². The number of hydrogen-bond acceptors (Lipinski definition) is 2. The summed E-state index contributed by atoms with van der Waals surface area (Å²) in [6.07, 6.45) is 5.44. The molecular formula is C15H18F2N2O. The predicted octanol–water partition coefficient (Wildman–Crippen LogP) is 3.12. The van der Waals surface area contributed by atoms with Crippen LogP contribution < -0.4 is 5.73 Å². The number of carbonyl (C=O) groups excluding carboxylic acids is 1. The third kappa shape index (κ3) is 2.81. The van der Waals surface area contributed by atoms with Gasteiger partial charge in [-0.15, -0.1) is 6.58 Å². The van der Waals surface area contributed by atoms with Gasteiger partial charge in [0.05, 0.1) is 11.3 Å². The zero-order chi connectivity index (χ0) is 14.7. The predicted molar refractivity (Wildman–Crippen MR) is 74.3 cm³/mol. The minimum atomic E-state index is -0.858. The van der Waals surface area contributed by atoms with E-state index >= 15 is 0 Å². The molecule has 1 amide bonds. The minimum Gasteiger partial charge on any atom is -0.396 e. The second-order valence-electron chi connectivity index (χ2n) is 5.04. The number of benzene rings is 1. The summed E-state index contributed by atoms with van der Waals surface area (Å²) in [6.45, 7) is 3.94. The molecule has 1 aliphatic carbocycles. The molecule has 0 unspecified atom stereocenters. The fourth-order valence-corrected chi connectivity index (χ4v) is 2.67. The molecule has 0 aromatic heterocycles. The molecule has 0 bridgehead atoms. The van der Waals surface area contributed by atoms with Crippen LogP contribution in [0.2, 0.25) is 0 Å². The maximum Gasteiger partial charge on any atom is 0.257 e. The Bertz CT molecular complexity index is 525. The van der Waals surface area contributed by atoms with Crippen LogP contribution in [-0.4, -0.2) is 23.4 Å². The fourth-order valence-electron chi connectivity index (χ4n) is 2.67. The van der Waals surface area contributed by atoms with E-state index in [-0.39, 0.29) is 17.3 Å². The van der Waals surface area contributed by atoms with Crippen LogP contribution in [0.15, 0.2) is 24.8 Å². The van der Waals surface area contributed by atoms with E-state index in [9.17, 15) is 13.6 Å². The van der Waals surface area contributed by atoms with Gasteiger partial charge < -0.3 is 10.6 Å². The van der Waals surface area contributed by atoms with Crippen molar-refractivity contribution in [2.45, 2.75) is 31.7 Å². The molecule has 0 radical (unpaired) electrons. The van der Waals surface area contributed by atoms with Crippen LogP contribution in [0.3, 0.4) is 0 Å². The summed E-state index contributed by atoms with van der Waals surface area (Å²) in [4.78, 5) is 14.0. The zero-order valence-electron chi connectivity index (χ0n) is 11.2. The second-order valence-corrected chi connectivity index (χ2v) is 5.04. The van der Waals surface area contributed by atoms with Crippen molar-refractivity contribution < 1.29 is 13.6 Å². The molecule has 3 nitrogen and oxygen atoms in total. The highest BCUT2D eigenvalue weighted by Gasteiger charge is 2.28. The van der Waals surface area contributed by atoms with Crippen molar-refractivity contribution in [3.05, 3.63) is 42.0 Å². The van der Waals surface area contributed by atoms with Gasteiger partial charge in [0, 0.05) is 12.6 Å². The van der Waals surface area contributed by atoms with Crippen LogP contribution in [0.1, 0.15) is 36.0 Å². The van der Waals surface area contributed by atoms with Gasteiger partial charge in [-0.2, -0.15) is 0 Å². The highest BCUT2D eigenvalue weighted by Crippen LogP contribution is 2.26. The molecule has 1 fully saturated rings. The topological polar surface area (TPSA) is 46.3 Å². The van der Waals surface area contributed by atoms with Crippen LogP contribution in [-0.2, 0) is 0 Å². The van der Waals surface area contributed by atoms with Gasteiger partial charge >= 0.3 is 0 Å². The summed E-state index contributed by atoms with van der Waals surface area (Å²) >= 11 is 0. The first-order valence-electron chi connectivity index (χ1n) is 6.71. The van der Waals surface area contributed by atoms with Crippen LogP contribution in [0.5, 0.6) is 0 Å². The van der Waals surface area contributed by atoms with Gasteiger partial charge in [0.2, 0.25) is 0 Å². The Morgan fingerprint density at radius 3 is 2.65 bits per heavy atom. The molecule has 1 aromatic rings. The van der Waals surface area contributed by atoms with E-state index in [1.807, 2.05) is 0 Å². The molecule has 0 heterocycles. The number of nitrogen functional groups attached to an aromatic ring is 1. The lowest BCUT2D eigenvalue weighted by molar-refractivity contribution is 0.0701. The van der Waals surface area contributed by atoms with E-state index in [1.165, 1.54) is 0 Å². The summed E-state index contributed by atoms with van der Waals surface area (Å²) in [6, 6.07) is 1.84. The fraction of sp³-hybridized carbons (Fsp3) is 0.400. The number of nitrogens with two attached hydrogens (primary N) is 1. The van der Waals surface area contributed by atoms with Crippen molar-refractivity contribution in [3.8, 4) is 0 Å². The van der Waals surface area contributed by atoms with Crippen LogP contribution in [0.4, 0.5) is 14.5 Å². The Labute approximate surface area is 117 Å². The van der Waals surface area contributed by atoms with Gasteiger partial charge in [-0.3, -0.25) is 4.79 Å². The number of carbonyl (C=O) groups is 1. The van der Waals surface area contributed by atoms with Crippen molar-refractivity contribution in [1.82, 2.24) is 4.90 Å². The molecule has 0 aliphatic heterocycles. The minimum absolute atomic E-state index is 0.0596. The summed E-state index contributed by atoms with van der Waals surface area (Å²) in [5.74, 6) is -2.10. The van der Waals surface area contributed by atoms with E-state index in [4.69, 9.17) is 5.73 Å². The lowest BCUT2D eigenvalue weighted by atomic mass is 10.1. The summed E-state index contributed by atoms with van der Waals surface area (Å²) < 4.78 is 27.3. The molecule has 0 saturated heterocycles. The Balaban J connectivity index is 2.33. The van der Waals surface area contributed by atoms with E-state index < -0.39 is 17.5 Å². The first kappa shape index (κ1) is 14.5. The molecule has 2 rings (SSSR count). The van der Waals surface area contributed by atoms with Gasteiger partial charge in [0.25, 0.3) is 5.91 Å². The highest BCUT2D eigenvalue weighted by molar-refractivity contribution is 5.95. The Hall–Kier alpha value is -1.91. The monoisotopic (exact) mass is 280 g/mol. The average molecular weight is 280 g/mol. The highest BCUT2D eigenvalue weighted by atomic mass is 19.1. The Kier molecular flexibility index (Phi) is 4.37. The molecule has 20 heavy (non-hydrogen) atoms.